The molecule has 72 valence electrons. The predicted molar refractivity (Wildman–Crippen MR) is 59.3 cm³/mol. The summed E-state index contributed by atoms with van der Waals surface area (Å²) in [6.45, 7) is 1.84. The zero-order valence-corrected chi connectivity index (χ0v) is 9.23. The molecule has 1 aliphatic heterocycles. The molecule has 0 radical (unpaired) electrons. The van der Waals surface area contributed by atoms with Crippen molar-refractivity contribution < 1.29 is 4.79 Å². The molecular formula is C10H9BrN2O. The third-order valence-corrected chi connectivity index (χ3v) is 2.60. The van der Waals surface area contributed by atoms with Crippen molar-refractivity contribution in [1.29, 1.82) is 0 Å². The van der Waals surface area contributed by atoms with E-state index in [9.17, 15) is 4.79 Å². The SMILES string of the molecule is C[C@H]1C=NN(c2ccc(Br)cc2)C1=O. The molecule has 1 amide bonds. The van der Waals surface area contributed by atoms with Gasteiger partial charge < -0.3 is 0 Å². The summed E-state index contributed by atoms with van der Waals surface area (Å²) in [4.78, 5) is 11.6. The summed E-state index contributed by atoms with van der Waals surface area (Å²) in [5.41, 5.74) is 0.804. The van der Waals surface area contributed by atoms with E-state index in [4.69, 9.17) is 0 Å². The number of hydrogen-bond acceptors (Lipinski definition) is 2. The molecule has 1 aromatic rings. The van der Waals surface area contributed by atoms with Crippen molar-refractivity contribution in [2.24, 2.45) is 11.0 Å². The van der Waals surface area contributed by atoms with Crippen molar-refractivity contribution in [2.45, 2.75) is 6.92 Å². The van der Waals surface area contributed by atoms with Crippen molar-refractivity contribution in [3.05, 3.63) is 28.7 Å². The fraction of sp³-hybridized carbons (Fsp3) is 0.200. The molecule has 14 heavy (non-hydrogen) atoms. The number of carbonyl (C=O) groups excluding carboxylic acids is 1. The van der Waals surface area contributed by atoms with Crippen molar-refractivity contribution in [3.63, 3.8) is 0 Å². The van der Waals surface area contributed by atoms with Crippen LogP contribution in [0.4, 0.5) is 5.69 Å². The van der Waals surface area contributed by atoms with E-state index in [1.54, 1.807) is 6.21 Å². The van der Waals surface area contributed by atoms with Gasteiger partial charge in [-0.1, -0.05) is 15.9 Å². The van der Waals surface area contributed by atoms with Crippen LogP contribution >= 0.6 is 15.9 Å². The van der Waals surface area contributed by atoms with E-state index in [1.165, 1.54) is 5.01 Å². The second-order valence-corrected chi connectivity index (χ2v) is 4.10. The minimum atomic E-state index is -0.112. The van der Waals surface area contributed by atoms with Crippen LogP contribution in [0.5, 0.6) is 0 Å². The van der Waals surface area contributed by atoms with E-state index in [1.807, 2.05) is 31.2 Å². The molecule has 1 aliphatic rings. The summed E-state index contributed by atoms with van der Waals surface area (Å²) >= 11 is 3.34. The molecular weight excluding hydrogens is 244 g/mol. The van der Waals surface area contributed by atoms with E-state index in [0.717, 1.165) is 10.2 Å². The lowest BCUT2D eigenvalue weighted by atomic mass is 10.2. The maximum Gasteiger partial charge on any atom is 0.255 e. The van der Waals surface area contributed by atoms with E-state index < -0.39 is 0 Å². The first kappa shape index (κ1) is 9.40. The maximum absolute atomic E-state index is 11.6. The van der Waals surface area contributed by atoms with Gasteiger partial charge in [0, 0.05) is 10.7 Å². The molecule has 0 saturated heterocycles. The lowest BCUT2D eigenvalue weighted by Gasteiger charge is -2.12. The van der Waals surface area contributed by atoms with E-state index in [2.05, 4.69) is 21.0 Å². The Morgan fingerprint density at radius 2 is 2.00 bits per heavy atom. The maximum atomic E-state index is 11.6. The topological polar surface area (TPSA) is 32.7 Å². The number of carbonyl (C=O) groups is 1. The fourth-order valence-electron chi connectivity index (χ4n) is 1.26. The number of amides is 1. The summed E-state index contributed by atoms with van der Waals surface area (Å²) < 4.78 is 0.991. The molecule has 0 spiro atoms. The first-order chi connectivity index (χ1) is 6.68. The first-order valence-electron chi connectivity index (χ1n) is 4.32. The van der Waals surface area contributed by atoms with Crippen LogP contribution in [0.25, 0.3) is 0 Å². The van der Waals surface area contributed by atoms with Crippen LogP contribution in [-0.4, -0.2) is 12.1 Å². The van der Waals surface area contributed by atoms with Gasteiger partial charge in [-0.05, 0) is 31.2 Å². The summed E-state index contributed by atoms with van der Waals surface area (Å²) in [6, 6.07) is 7.50. The van der Waals surface area contributed by atoms with E-state index in [-0.39, 0.29) is 11.8 Å². The van der Waals surface area contributed by atoms with Crippen LogP contribution in [0.2, 0.25) is 0 Å². The number of anilines is 1. The molecule has 0 bridgehead atoms. The van der Waals surface area contributed by atoms with Gasteiger partial charge in [0.15, 0.2) is 0 Å². The highest BCUT2D eigenvalue weighted by Crippen LogP contribution is 2.22. The van der Waals surface area contributed by atoms with E-state index in [0.29, 0.717) is 0 Å². The van der Waals surface area contributed by atoms with Crippen LogP contribution in [0, 0.1) is 5.92 Å². The van der Waals surface area contributed by atoms with Gasteiger partial charge >= 0.3 is 0 Å². The highest BCUT2D eigenvalue weighted by atomic mass is 79.9. The van der Waals surface area contributed by atoms with Gasteiger partial charge in [-0.2, -0.15) is 5.10 Å². The molecule has 3 nitrogen and oxygen atoms in total. The van der Waals surface area contributed by atoms with Crippen LogP contribution in [0.1, 0.15) is 6.92 Å². The van der Waals surface area contributed by atoms with Gasteiger partial charge in [0.05, 0.1) is 11.6 Å². The smallest absolute Gasteiger partial charge is 0.255 e. The minimum Gasteiger partial charge on any atom is -0.272 e. The lowest BCUT2D eigenvalue weighted by molar-refractivity contribution is -0.119. The highest BCUT2D eigenvalue weighted by Gasteiger charge is 2.25. The molecule has 0 saturated carbocycles. The third-order valence-electron chi connectivity index (χ3n) is 2.08. The number of rotatable bonds is 1. The zero-order valence-electron chi connectivity index (χ0n) is 7.64. The van der Waals surface area contributed by atoms with Crippen LogP contribution in [-0.2, 0) is 4.79 Å². The molecule has 1 heterocycles. The molecule has 0 fully saturated rings. The molecule has 0 unspecified atom stereocenters. The van der Waals surface area contributed by atoms with Gasteiger partial charge in [0.25, 0.3) is 5.91 Å². The summed E-state index contributed by atoms with van der Waals surface area (Å²) in [5.74, 6) is -0.0917. The van der Waals surface area contributed by atoms with Crippen LogP contribution in [0.15, 0.2) is 33.8 Å². The van der Waals surface area contributed by atoms with Gasteiger partial charge in [0.2, 0.25) is 0 Å². The highest BCUT2D eigenvalue weighted by molar-refractivity contribution is 9.10. The predicted octanol–water partition coefficient (Wildman–Crippen LogP) is 2.42. The van der Waals surface area contributed by atoms with Crippen molar-refractivity contribution in [1.82, 2.24) is 0 Å². The van der Waals surface area contributed by atoms with Crippen molar-refractivity contribution in [3.8, 4) is 0 Å². The fourth-order valence-corrected chi connectivity index (χ4v) is 1.52. The monoisotopic (exact) mass is 252 g/mol. The van der Waals surface area contributed by atoms with Gasteiger partial charge in [-0.15, -0.1) is 0 Å². The summed E-state index contributed by atoms with van der Waals surface area (Å²) in [6.07, 6.45) is 1.66. The number of benzene rings is 1. The Kier molecular flexibility index (Phi) is 2.37. The Morgan fingerprint density at radius 1 is 1.36 bits per heavy atom. The number of hydrogen-bond donors (Lipinski definition) is 0. The zero-order chi connectivity index (χ0) is 10.1. The normalized spacial score (nSPS) is 20.6. The van der Waals surface area contributed by atoms with Crippen LogP contribution < -0.4 is 5.01 Å². The first-order valence-corrected chi connectivity index (χ1v) is 5.11. The van der Waals surface area contributed by atoms with Crippen LogP contribution in [0.3, 0.4) is 0 Å². The molecule has 0 aromatic heterocycles. The average Bonchev–Trinajstić information content (AvgIpc) is 2.50. The van der Waals surface area contributed by atoms with E-state index >= 15 is 0 Å². The second kappa shape index (κ2) is 3.53. The standard InChI is InChI=1S/C10H9BrN2O/c1-7-6-12-13(10(7)14)9-4-2-8(11)3-5-9/h2-7H,1H3/t7-/m0/s1. The average molecular weight is 253 g/mol. The van der Waals surface area contributed by atoms with Crippen molar-refractivity contribution in [2.75, 3.05) is 5.01 Å². The third kappa shape index (κ3) is 1.57. The molecule has 0 aliphatic carbocycles. The minimum absolute atomic E-state index is 0.0207. The summed E-state index contributed by atoms with van der Waals surface area (Å²) in [7, 11) is 0. The Hall–Kier alpha value is -1.16. The molecule has 4 heteroatoms. The Labute approximate surface area is 90.5 Å². The Morgan fingerprint density at radius 3 is 2.50 bits per heavy atom. The van der Waals surface area contributed by atoms with Gasteiger partial charge in [0.1, 0.15) is 0 Å². The lowest BCUT2D eigenvalue weighted by Crippen LogP contribution is -2.24. The number of hydrazone groups is 1. The molecule has 2 rings (SSSR count). The number of nitrogens with zero attached hydrogens (tertiary/aromatic N) is 2. The van der Waals surface area contributed by atoms with Crippen molar-refractivity contribution >= 4 is 33.7 Å². The second-order valence-electron chi connectivity index (χ2n) is 3.18. The molecule has 0 N–H and O–H groups in total. The summed E-state index contributed by atoms with van der Waals surface area (Å²) in [5, 5.41) is 5.47. The Bertz CT molecular complexity index is 386. The Balaban J connectivity index is 2.29. The molecule has 1 aromatic carbocycles. The quantitative estimate of drug-likeness (QED) is 0.756. The number of halogens is 1. The molecule has 1 atom stereocenters. The van der Waals surface area contributed by atoms with Gasteiger partial charge in [-0.25, -0.2) is 5.01 Å². The van der Waals surface area contributed by atoms with Gasteiger partial charge in [-0.3, -0.25) is 4.79 Å². The largest absolute Gasteiger partial charge is 0.272 e.